The Kier molecular flexibility index (Phi) is 4.03. The van der Waals surface area contributed by atoms with Crippen LogP contribution in [0.15, 0.2) is 21.3 Å². The van der Waals surface area contributed by atoms with E-state index in [4.69, 9.17) is 4.42 Å². The van der Waals surface area contributed by atoms with Gasteiger partial charge in [-0.15, -0.1) is 0 Å². The number of hydrogen-bond acceptors (Lipinski definition) is 4. The largest absolute Gasteiger partial charge is 0.458 e. The van der Waals surface area contributed by atoms with E-state index in [-0.39, 0.29) is 28.9 Å². The standard InChI is InChI=1S/C18H17F4N3O2/c1-3-25-15-14(23-17(25)18(20,21)22)11(19)6-10-12(26)7-13(27-16(10)15)9-4-5-24(2)8-9/h6-7,9H,3-5,8H2,1-2H3. The van der Waals surface area contributed by atoms with E-state index in [9.17, 15) is 22.4 Å². The summed E-state index contributed by atoms with van der Waals surface area (Å²) in [6, 6.07) is 2.22. The number of aryl methyl sites for hydroxylation is 1. The Morgan fingerprint density at radius 3 is 2.67 bits per heavy atom. The number of imidazole rings is 1. The van der Waals surface area contributed by atoms with Gasteiger partial charge in [-0.1, -0.05) is 0 Å². The van der Waals surface area contributed by atoms with E-state index in [1.807, 2.05) is 7.05 Å². The van der Waals surface area contributed by atoms with Gasteiger partial charge >= 0.3 is 6.18 Å². The molecule has 1 unspecified atom stereocenters. The Hall–Kier alpha value is -2.42. The Bertz CT molecular complexity index is 1100. The van der Waals surface area contributed by atoms with Gasteiger partial charge in [0.1, 0.15) is 16.8 Å². The maximum Gasteiger partial charge on any atom is 0.449 e. The molecular weight excluding hydrogens is 366 g/mol. The van der Waals surface area contributed by atoms with Crippen molar-refractivity contribution in [3.8, 4) is 0 Å². The number of hydrogen-bond donors (Lipinski definition) is 0. The van der Waals surface area contributed by atoms with Gasteiger partial charge in [-0.05, 0) is 33.0 Å². The second-order valence-corrected chi connectivity index (χ2v) is 6.87. The summed E-state index contributed by atoms with van der Waals surface area (Å²) in [5.41, 5.74) is -1.10. The first kappa shape index (κ1) is 18.0. The zero-order chi connectivity index (χ0) is 19.5. The third-order valence-electron chi connectivity index (χ3n) is 5.05. The molecule has 1 fully saturated rings. The van der Waals surface area contributed by atoms with Crippen LogP contribution in [-0.4, -0.2) is 34.6 Å². The number of fused-ring (bicyclic) bond motifs is 3. The van der Waals surface area contributed by atoms with Gasteiger partial charge in [0.2, 0.25) is 5.82 Å². The second-order valence-electron chi connectivity index (χ2n) is 6.87. The number of halogens is 4. The van der Waals surface area contributed by atoms with E-state index in [0.717, 1.165) is 23.6 Å². The normalized spacial score (nSPS) is 18.8. The van der Waals surface area contributed by atoms with Gasteiger partial charge in [-0.3, -0.25) is 4.79 Å². The van der Waals surface area contributed by atoms with Crippen LogP contribution in [-0.2, 0) is 12.7 Å². The third-order valence-corrected chi connectivity index (χ3v) is 5.05. The van der Waals surface area contributed by atoms with Crippen LogP contribution >= 0.6 is 0 Å². The second kappa shape index (κ2) is 6.05. The van der Waals surface area contributed by atoms with E-state index < -0.39 is 28.8 Å². The van der Waals surface area contributed by atoms with Crippen molar-refractivity contribution in [2.24, 2.45) is 0 Å². The van der Waals surface area contributed by atoms with E-state index in [1.54, 1.807) is 0 Å². The lowest BCUT2D eigenvalue weighted by molar-refractivity contribution is -0.146. The summed E-state index contributed by atoms with van der Waals surface area (Å²) in [4.78, 5) is 18.1. The first-order chi connectivity index (χ1) is 12.7. The minimum absolute atomic E-state index is 0.0349. The Morgan fingerprint density at radius 1 is 1.33 bits per heavy atom. The molecule has 0 bridgehead atoms. The summed E-state index contributed by atoms with van der Waals surface area (Å²) in [6.07, 6.45) is -3.98. The topological polar surface area (TPSA) is 51.3 Å². The van der Waals surface area contributed by atoms with Crippen molar-refractivity contribution >= 4 is 22.0 Å². The summed E-state index contributed by atoms with van der Waals surface area (Å²) < 4.78 is 61.2. The smallest absolute Gasteiger partial charge is 0.449 e. The molecule has 0 saturated carbocycles. The van der Waals surface area contributed by atoms with Crippen LogP contribution in [0.1, 0.15) is 30.8 Å². The van der Waals surface area contributed by atoms with Gasteiger partial charge in [0.25, 0.3) is 0 Å². The molecule has 3 aromatic rings. The van der Waals surface area contributed by atoms with Gasteiger partial charge < -0.3 is 13.9 Å². The van der Waals surface area contributed by atoms with Gasteiger partial charge in [0, 0.05) is 25.1 Å². The molecule has 1 aromatic carbocycles. The molecule has 27 heavy (non-hydrogen) atoms. The van der Waals surface area contributed by atoms with Crippen LogP contribution in [0.25, 0.3) is 22.0 Å². The molecule has 1 saturated heterocycles. The lowest BCUT2D eigenvalue weighted by Gasteiger charge is -2.12. The quantitative estimate of drug-likeness (QED) is 0.633. The first-order valence-corrected chi connectivity index (χ1v) is 8.63. The summed E-state index contributed by atoms with van der Waals surface area (Å²) in [6.45, 7) is 2.92. The summed E-state index contributed by atoms with van der Waals surface area (Å²) in [5.74, 6) is -1.81. The van der Waals surface area contributed by atoms with Crippen molar-refractivity contribution in [2.45, 2.75) is 32.0 Å². The summed E-state index contributed by atoms with van der Waals surface area (Å²) in [7, 11) is 1.94. The Balaban J connectivity index is 2.08. The molecule has 1 aliphatic heterocycles. The van der Waals surface area contributed by atoms with Crippen LogP contribution in [0.4, 0.5) is 17.6 Å². The summed E-state index contributed by atoms with van der Waals surface area (Å²) >= 11 is 0. The number of aromatic nitrogens is 2. The monoisotopic (exact) mass is 383 g/mol. The maximum absolute atomic E-state index is 14.4. The highest BCUT2D eigenvalue weighted by Gasteiger charge is 2.38. The number of likely N-dealkylation sites (N-methyl/N-ethyl adjacent to an activating group) is 1. The molecule has 9 heteroatoms. The van der Waals surface area contributed by atoms with Crippen molar-refractivity contribution in [3.05, 3.63) is 39.8 Å². The highest BCUT2D eigenvalue weighted by Crippen LogP contribution is 2.36. The number of likely N-dealkylation sites (tertiary alicyclic amines) is 1. The number of benzene rings is 1. The molecule has 5 nitrogen and oxygen atoms in total. The molecule has 0 radical (unpaired) electrons. The molecule has 0 amide bonds. The molecule has 1 aliphatic rings. The molecular formula is C18H17F4N3O2. The van der Waals surface area contributed by atoms with Crippen LogP contribution in [0.5, 0.6) is 0 Å². The van der Waals surface area contributed by atoms with Gasteiger partial charge in [-0.25, -0.2) is 9.37 Å². The zero-order valence-electron chi connectivity index (χ0n) is 14.7. The van der Waals surface area contributed by atoms with Crippen molar-refractivity contribution in [1.82, 2.24) is 14.5 Å². The van der Waals surface area contributed by atoms with Crippen molar-refractivity contribution in [1.29, 1.82) is 0 Å². The van der Waals surface area contributed by atoms with Gasteiger partial charge in [-0.2, -0.15) is 13.2 Å². The molecule has 2 aromatic heterocycles. The molecule has 0 spiro atoms. The SMILES string of the molecule is CCn1c(C(F)(F)F)nc2c(F)cc3c(=O)cc(C4CCN(C)C4)oc3c21. The highest BCUT2D eigenvalue weighted by atomic mass is 19.4. The average Bonchev–Trinajstić information content (AvgIpc) is 3.19. The van der Waals surface area contributed by atoms with E-state index in [1.165, 1.54) is 13.0 Å². The van der Waals surface area contributed by atoms with E-state index in [2.05, 4.69) is 9.88 Å². The van der Waals surface area contributed by atoms with E-state index >= 15 is 0 Å². The van der Waals surface area contributed by atoms with Gasteiger partial charge in [0.15, 0.2) is 16.8 Å². The lowest BCUT2D eigenvalue weighted by atomic mass is 10.0. The number of nitrogens with zero attached hydrogens (tertiary/aromatic N) is 3. The predicted molar refractivity (Wildman–Crippen MR) is 91.3 cm³/mol. The lowest BCUT2D eigenvalue weighted by Crippen LogP contribution is -2.15. The molecule has 0 N–H and O–H groups in total. The average molecular weight is 383 g/mol. The van der Waals surface area contributed by atoms with Crippen LogP contribution in [0, 0.1) is 5.82 Å². The van der Waals surface area contributed by atoms with Crippen LogP contribution < -0.4 is 5.43 Å². The van der Waals surface area contributed by atoms with Crippen LogP contribution in [0.3, 0.4) is 0 Å². The zero-order valence-corrected chi connectivity index (χ0v) is 14.7. The third kappa shape index (κ3) is 2.80. The fraction of sp³-hybridized carbons (Fsp3) is 0.444. The number of rotatable bonds is 2. The Morgan fingerprint density at radius 2 is 2.07 bits per heavy atom. The summed E-state index contributed by atoms with van der Waals surface area (Å²) in [5, 5.41) is -0.0848. The van der Waals surface area contributed by atoms with E-state index in [0.29, 0.717) is 12.3 Å². The van der Waals surface area contributed by atoms with Crippen molar-refractivity contribution in [3.63, 3.8) is 0 Å². The fourth-order valence-electron chi connectivity index (χ4n) is 3.77. The molecule has 1 atom stereocenters. The van der Waals surface area contributed by atoms with Crippen molar-refractivity contribution in [2.75, 3.05) is 20.1 Å². The number of alkyl halides is 3. The minimum Gasteiger partial charge on any atom is -0.458 e. The fourth-order valence-corrected chi connectivity index (χ4v) is 3.77. The molecule has 4 rings (SSSR count). The highest BCUT2D eigenvalue weighted by molar-refractivity contribution is 6.01. The minimum atomic E-state index is -4.75. The molecule has 0 aliphatic carbocycles. The maximum atomic E-state index is 14.4. The first-order valence-electron chi connectivity index (χ1n) is 8.63. The predicted octanol–water partition coefficient (Wildman–Crippen LogP) is 3.74. The molecule has 3 heterocycles. The van der Waals surface area contributed by atoms with Crippen molar-refractivity contribution < 1.29 is 22.0 Å². The Labute approximate surface area is 151 Å². The van der Waals surface area contributed by atoms with Gasteiger partial charge in [0.05, 0.1) is 5.39 Å². The van der Waals surface area contributed by atoms with Crippen LogP contribution in [0.2, 0.25) is 0 Å². The molecule has 144 valence electrons.